The average Bonchev–Trinajstić information content (AvgIpc) is 2.72. The van der Waals surface area contributed by atoms with Gasteiger partial charge >= 0.3 is 0 Å². The number of unbranched alkanes of at least 4 members (excludes halogenated alkanes) is 11. The minimum absolute atomic E-state index is 0.356. The summed E-state index contributed by atoms with van der Waals surface area (Å²) in [5.41, 5.74) is 0. The molecular weight excluding hydrogens is 364 g/mol. The van der Waals surface area contributed by atoms with E-state index in [2.05, 4.69) is 20.8 Å². The number of rotatable bonds is 19. The summed E-state index contributed by atoms with van der Waals surface area (Å²) in [6.45, 7) is 9.01. The van der Waals surface area contributed by atoms with Crippen molar-refractivity contribution >= 4 is 5.78 Å². The lowest BCUT2D eigenvalue weighted by Gasteiger charge is -2.42. The molecule has 0 heterocycles. The van der Waals surface area contributed by atoms with E-state index in [9.17, 15) is 4.79 Å². The Labute approximate surface area is 190 Å². The maximum Gasteiger partial charge on any atom is 0.129 e. The summed E-state index contributed by atoms with van der Waals surface area (Å²) in [7, 11) is 0. The van der Waals surface area contributed by atoms with Crippen molar-refractivity contribution in [1.82, 2.24) is 0 Å². The van der Waals surface area contributed by atoms with E-state index in [1.807, 2.05) is 0 Å². The summed E-state index contributed by atoms with van der Waals surface area (Å²) in [5.74, 6) is 4.33. The van der Waals surface area contributed by atoms with Crippen molar-refractivity contribution in [1.29, 1.82) is 0 Å². The number of Topliss-reactive ketones (excluding diaryl/α,β-unsaturated/α-hetero) is 1. The van der Waals surface area contributed by atoms with Gasteiger partial charge in [0.2, 0.25) is 0 Å². The molecule has 0 N–H and O–H groups in total. The number of hydrogen-bond acceptors (Lipinski definition) is 1. The van der Waals surface area contributed by atoms with Gasteiger partial charge in [0.1, 0.15) is 5.78 Å². The molecule has 30 heavy (non-hydrogen) atoms. The molecule has 0 aromatic carbocycles. The van der Waals surface area contributed by atoms with Crippen LogP contribution in [0.5, 0.6) is 0 Å². The first-order valence-corrected chi connectivity index (χ1v) is 14.1. The van der Waals surface area contributed by atoms with Gasteiger partial charge in [-0.2, -0.15) is 0 Å². The molecule has 1 heteroatoms. The molecule has 1 fully saturated rings. The molecule has 1 aliphatic carbocycles. The Morgan fingerprint density at radius 3 is 1.77 bits per heavy atom. The second kappa shape index (κ2) is 18.3. The van der Waals surface area contributed by atoms with Crippen LogP contribution in [0.3, 0.4) is 0 Å². The van der Waals surface area contributed by atoms with Gasteiger partial charge in [-0.25, -0.2) is 0 Å². The molecular formula is C29H56O. The molecule has 0 saturated heterocycles. The van der Waals surface area contributed by atoms with Crippen molar-refractivity contribution in [3.63, 3.8) is 0 Å². The van der Waals surface area contributed by atoms with Crippen LogP contribution in [-0.4, -0.2) is 5.78 Å². The Hall–Kier alpha value is -0.330. The minimum Gasteiger partial charge on any atom is -0.300 e. The van der Waals surface area contributed by atoms with Gasteiger partial charge in [0, 0.05) is 6.42 Å². The summed E-state index contributed by atoms with van der Waals surface area (Å²) in [6, 6.07) is 0. The molecule has 1 aliphatic rings. The van der Waals surface area contributed by atoms with Gasteiger partial charge in [-0.15, -0.1) is 0 Å². The van der Waals surface area contributed by atoms with Gasteiger partial charge in [-0.3, -0.25) is 0 Å². The van der Waals surface area contributed by atoms with Crippen molar-refractivity contribution < 1.29 is 4.79 Å². The van der Waals surface area contributed by atoms with Crippen molar-refractivity contribution in [2.75, 3.05) is 0 Å². The normalized spacial score (nSPS) is 24.3. The summed E-state index contributed by atoms with van der Waals surface area (Å²) in [5, 5.41) is 0. The Morgan fingerprint density at radius 2 is 1.10 bits per heavy atom. The quantitative estimate of drug-likeness (QED) is 0.190. The van der Waals surface area contributed by atoms with Crippen LogP contribution >= 0.6 is 0 Å². The van der Waals surface area contributed by atoms with Crippen LogP contribution in [0.1, 0.15) is 156 Å². The smallest absolute Gasteiger partial charge is 0.129 e. The van der Waals surface area contributed by atoms with Crippen molar-refractivity contribution in [3.05, 3.63) is 0 Å². The van der Waals surface area contributed by atoms with Gasteiger partial charge in [-0.1, -0.05) is 117 Å². The van der Waals surface area contributed by atoms with Crippen LogP contribution in [0.15, 0.2) is 0 Å². The Morgan fingerprint density at radius 1 is 0.633 bits per heavy atom. The number of carbonyl (C=O) groups is 1. The van der Waals surface area contributed by atoms with Gasteiger partial charge < -0.3 is 4.79 Å². The lowest BCUT2D eigenvalue weighted by molar-refractivity contribution is -0.117. The Kier molecular flexibility index (Phi) is 16.9. The maximum absolute atomic E-state index is 11.0. The van der Waals surface area contributed by atoms with Crippen LogP contribution in [-0.2, 0) is 4.79 Å². The third kappa shape index (κ3) is 12.5. The minimum atomic E-state index is 0.356. The van der Waals surface area contributed by atoms with Crippen LogP contribution in [0, 0.1) is 23.7 Å². The van der Waals surface area contributed by atoms with Crippen LogP contribution in [0.2, 0.25) is 0 Å². The van der Waals surface area contributed by atoms with E-state index in [4.69, 9.17) is 0 Å². The molecule has 178 valence electrons. The molecule has 1 nitrogen and oxygen atoms in total. The highest BCUT2D eigenvalue weighted by molar-refractivity contribution is 5.75. The van der Waals surface area contributed by atoms with E-state index < -0.39 is 0 Å². The highest BCUT2D eigenvalue weighted by atomic mass is 16.1. The highest BCUT2D eigenvalue weighted by Gasteiger charge is 2.35. The molecule has 0 aromatic heterocycles. The Bertz CT molecular complexity index is 401. The highest BCUT2D eigenvalue weighted by Crippen LogP contribution is 2.45. The zero-order valence-electron chi connectivity index (χ0n) is 21.4. The molecule has 0 radical (unpaired) electrons. The fourth-order valence-electron chi connectivity index (χ4n) is 6.08. The molecule has 0 amide bonds. The third-order valence-corrected chi connectivity index (χ3v) is 8.11. The summed E-state index contributed by atoms with van der Waals surface area (Å²) >= 11 is 0. The average molecular weight is 421 g/mol. The summed E-state index contributed by atoms with van der Waals surface area (Å²) in [4.78, 5) is 11.0. The largest absolute Gasteiger partial charge is 0.300 e. The van der Waals surface area contributed by atoms with E-state index in [0.717, 1.165) is 36.5 Å². The maximum atomic E-state index is 11.0. The zero-order chi connectivity index (χ0) is 22.0. The fraction of sp³-hybridized carbons (Fsp3) is 0.966. The molecule has 0 spiro atoms. The zero-order valence-corrected chi connectivity index (χ0v) is 21.4. The van der Waals surface area contributed by atoms with Crippen molar-refractivity contribution in [3.8, 4) is 0 Å². The predicted molar refractivity (Wildman–Crippen MR) is 134 cm³/mol. The first-order chi connectivity index (χ1) is 14.6. The topological polar surface area (TPSA) is 17.1 Å². The van der Waals surface area contributed by atoms with Crippen LogP contribution in [0.4, 0.5) is 0 Å². The van der Waals surface area contributed by atoms with Gasteiger partial charge in [0.15, 0.2) is 0 Å². The second-order valence-electron chi connectivity index (χ2n) is 10.7. The number of ketones is 1. The summed E-state index contributed by atoms with van der Waals surface area (Å²) in [6.07, 6.45) is 27.6. The van der Waals surface area contributed by atoms with E-state index in [0.29, 0.717) is 5.78 Å². The first-order valence-electron chi connectivity index (χ1n) is 14.1. The van der Waals surface area contributed by atoms with E-state index in [1.165, 1.54) is 116 Å². The van der Waals surface area contributed by atoms with Gasteiger partial charge in [0.05, 0.1) is 0 Å². The molecule has 4 atom stereocenters. The lowest BCUT2D eigenvalue weighted by atomic mass is 9.63. The molecule has 4 unspecified atom stereocenters. The van der Waals surface area contributed by atoms with Crippen LogP contribution in [0.25, 0.3) is 0 Å². The standard InChI is InChI=1S/C29H56O/c1-5-7-9-12-18-22-29-26(4)27(23-24-28(29)21-15-8-6-2)20-17-14-11-10-13-16-19-25(3)30/h26-29H,5-24H2,1-4H3. The second-order valence-corrected chi connectivity index (χ2v) is 10.7. The van der Waals surface area contributed by atoms with E-state index in [-0.39, 0.29) is 0 Å². The number of hydrogen-bond donors (Lipinski definition) is 0. The van der Waals surface area contributed by atoms with Crippen molar-refractivity contribution in [2.45, 2.75) is 156 Å². The predicted octanol–water partition coefficient (Wildman–Crippen LogP) is 9.92. The van der Waals surface area contributed by atoms with E-state index in [1.54, 1.807) is 6.92 Å². The molecule has 1 saturated carbocycles. The van der Waals surface area contributed by atoms with E-state index >= 15 is 0 Å². The van der Waals surface area contributed by atoms with Gasteiger partial charge in [-0.05, 0) is 56.3 Å². The number of carbonyl (C=O) groups excluding carboxylic acids is 1. The molecule has 0 bridgehead atoms. The summed E-state index contributed by atoms with van der Waals surface area (Å²) < 4.78 is 0. The molecule has 0 aliphatic heterocycles. The first kappa shape index (κ1) is 27.7. The molecule has 1 rings (SSSR count). The fourth-order valence-corrected chi connectivity index (χ4v) is 6.08. The Balaban J connectivity index is 2.33. The van der Waals surface area contributed by atoms with Crippen molar-refractivity contribution in [2.24, 2.45) is 23.7 Å². The monoisotopic (exact) mass is 420 g/mol. The SMILES string of the molecule is CCCCCCCC1C(CCCCC)CCC(CCCCCCCCC(C)=O)C1C. The van der Waals surface area contributed by atoms with Crippen LogP contribution < -0.4 is 0 Å². The molecule has 0 aromatic rings. The lowest BCUT2D eigenvalue weighted by Crippen LogP contribution is -2.33. The third-order valence-electron chi connectivity index (χ3n) is 8.11. The van der Waals surface area contributed by atoms with Gasteiger partial charge in [0.25, 0.3) is 0 Å².